The van der Waals surface area contributed by atoms with Gasteiger partial charge in [-0.15, -0.1) is 0 Å². The van der Waals surface area contributed by atoms with Gasteiger partial charge >= 0.3 is 5.97 Å². The van der Waals surface area contributed by atoms with Gasteiger partial charge in [-0.2, -0.15) is 0 Å². The molecular formula is C21H34O3. The summed E-state index contributed by atoms with van der Waals surface area (Å²) in [6.45, 7) is 11.1. The highest BCUT2D eigenvalue weighted by Gasteiger charge is 2.54. The van der Waals surface area contributed by atoms with Crippen molar-refractivity contribution in [2.75, 3.05) is 7.11 Å². The van der Waals surface area contributed by atoms with Crippen LogP contribution in [-0.4, -0.2) is 24.3 Å². The van der Waals surface area contributed by atoms with E-state index in [4.69, 9.17) is 4.74 Å². The zero-order valence-corrected chi connectivity index (χ0v) is 16.2. The first-order valence-corrected chi connectivity index (χ1v) is 9.22. The molecule has 2 rings (SSSR count). The quantitative estimate of drug-likeness (QED) is 0.462. The number of ether oxygens (including phenoxy) is 1. The summed E-state index contributed by atoms with van der Waals surface area (Å²) in [6.07, 6.45) is 8.80. The molecule has 0 amide bonds. The Hall–Kier alpha value is -1.09. The number of hydrogen-bond acceptors (Lipinski definition) is 3. The molecule has 3 heteroatoms. The van der Waals surface area contributed by atoms with Gasteiger partial charge in [0.15, 0.2) is 0 Å². The predicted molar refractivity (Wildman–Crippen MR) is 97.5 cm³/mol. The third-order valence-electron chi connectivity index (χ3n) is 6.92. The summed E-state index contributed by atoms with van der Waals surface area (Å²) < 4.78 is 4.72. The molecule has 24 heavy (non-hydrogen) atoms. The first-order chi connectivity index (χ1) is 11.1. The Morgan fingerprint density at radius 2 is 2.08 bits per heavy atom. The Kier molecular flexibility index (Phi) is 5.64. The summed E-state index contributed by atoms with van der Waals surface area (Å²) in [6, 6.07) is 0. The molecule has 0 aliphatic heterocycles. The van der Waals surface area contributed by atoms with Crippen LogP contribution in [0.4, 0.5) is 0 Å². The highest BCUT2D eigenvalue weighted by molar-refractivity contribution is 5.82. The molecule has 0 saturated heterocycles. The number of allylic oxidation sites excluding steroid dienone is 3. The minimum Gasteiger partial charge on any atom is -0.466 e. The van der Waals surface area contributed by atoms with Crippen molar-refractivity contribution in [2.24, 2.45) is 22.7 Å². The number of hydrogen-bond donors (Lipinski definition) is 1. The van der Waals surface area contributed by atoms with Crippen LogP contribution in [0.2, 0.25) is 0 Å². The van der Waals surface area contributed by atoms with Crippen LogP contribution in [0.3, 0.4) is 0 Å². The maximum absolute atomic E-state index is 11.4. The number of methoxy groups -OCH3 is 1. The Bertz CT molecular complexity index is 543. The number of fused-ring (bicyclic) bond motifs is 1. The van der Waals surface area contributed by atoms with Crippen molar-refractivity contribution in [1.29, 1.82) is 0 Å². The number of aliphatic hydroxyl groups is 1. The second-order valence-electron chi connectivity index (χ2n) is 8.72. The van der Waals surface area contributed by atoms with Crippen molar-refractivity contribution < 1.29 is 14.6 Å². The summed E-state index contributed by atoms with van der Waals surface area (Å²) in [5.74, 6) is 0.755. The van der Waals surface area contributed by atoms with Gasteiger partial charge in [0, 0.05) is 6.08 Å². The van der Waals surface area contributed by atoms with Crippen LogP contribution in [0.15, 0.2) is 23.3 Å². The van der Waals surface area contributed by atoms with E-state index in [9.17, 15) is 9.90 Å². The Morgan fingerprint density at radius 1 is 1.42 bits per heavy atom. The van der Waals surface area contributed by atoms with E-state index in [1.54, 1.807) is 6.08 Å². The highest BCUT2D eigenvalue weighted by Crippen LogP contribution is 2.60. The summed E-state index contributed by atoms with van der Waals surface area (Å²) in [5.41, 5.74) is 2.74. The molecule has 1 fully saturated rings. The van der Waals surface area contributed by atoms with Crippen LogP contribution in [-0.2, 0) is 9.53 Å². The second kappa shape index (κ2) is 7.03. The van der Waals surface area contributed by atoms with Crippen LogP contribution >= 0.6 is 0 Å². The van der Waals surface area contributed by atoms with Crippen molar-refractivity contribution in [3.8, 4) is 0 Å². The molecule has 0 spiro atoms. The van der Waals surface area contributed by atoms with Gasteiger partial charge in [0.05, 0.1) is 13.2 Å². The van der Waals surface area contributed by atoms with E-state index in [1.165, 1.54) is 12.7 Å². The molecule has 2 aliphatic carbocycles. The molecule has 0 heterocycles. The lowest BCUT2D eigenvalue weighted by atomic mass is 9.47. The van der Waals surface area contributed by atoms with E-state index < -0.39 is 0 Å². The minimum absolute atomic E-state index is 0.0423. The van der Waals surface area contributed by atoms with E-state index in [0.29, 0.717) is 11.8 Å². The highest BCUT2D eigenvalue weighted by atomic mass is 16.5. The molecule has 1 N–H and O–H groups in total. The van der Waals surface area contributed by atoms with E-state index >= 15 is 0 Å². The molecule has 0 radical (unpaired) electrons. The van der Waals surface area contributed by atoms with E-state index in [2.05, 4.69) is 33.8 Å². The number of aliphatic hydroxyl groups excluding tert-OH is 1. The van der Waals surface area contributed by atoms with Crippen LogP contribution in [0.25, 0.3) is 0 Å². The van der Waals surface area contributed by atoms with Crippen LogP contribution in [0.5, 0.6) is 0 Å². The average molecular weight is 335 g/mol. The first-order valence-electron chi connectivity index (χ1n) is 9.22. The van der Waals surface area contributed by atoms with Crippen LogP contribution in [0, 0.1) is 22.7 Å². The lowest BCUT2D eigenvalue weighted by Crippen LogP contribution is -2.54. The molecular weight excluding hydrogens is 300 g/mol. The van der Waals surface area contributed by atoms with Crippen molar-refractivity contribution in [3.05, 3.63) is 23.3 Å². The first kappa shape index (κ1) is 19.2. The molecule has 4 atom stereocenters. The van der Waals surface area contributed by atoms with Crippen molar-refractivity contribution in [3.63, 3.8) is 0 Å². The van der Waals surface area contributed by atoms with E-state index in [0.717, 1.165) is 37.7 Å². The topological polar surface area (TPSA) is 46.5 Å². The largest absolute Gasteiger partial charge is 0.466 e. The fourth-order valence-corrected chi connectivity index (χ4v) is 5.29. The van der Waals surface area contributed by atoms with Crippen LogP contribution in [0.1, 0.15) is 66.7 Å². The Balaban J connectivity index is 2.20. The van der Waals surface area contributed by atoms with Gasteiger partial charge in [-0.1, -0.05) is 38.0 Å². The number of rotatable bonds is 4. The summed E-state index contributed by atoms with van der Waals surface area (Å²) in [5, 5.41) is 10.5. The fourth-order valence-electron chi connectivity index (χ4n) is 5.29. The maximum Gasteiger partial charge on any atom is 0.330 e. The maximum atomic E-state index is 11.4. The van der Waals surface area contributed by atoms with Gasteiger partial charge in [-0.25, -0.2) is 4.79 Å². The van der Waals surface area contributed by atoms with Crippen molar-refractivity contribution in [1.82, 2.24) is 0 Å². The second-order valence-corrected chi connectivity index (χ2v) is 8.72. The number of esters is 1. The SMILES string of the molecule is COC(=O)C=C(C)CCC1C(C)=CCC2C(C)(C)C(O)CCC12C. The van der Waals surface area contributed by atoms with Gasteiger partial charge in [0.1, 0.15) is 0 Å². The average Bonchev–Trinajstić information content (AvgIpc) is 2.50. The predicted octanol–water partition coefficient (Wildman–Crippen LogP) is 4.66. The normalized spacial score (nSPS) is 35.9. The molecule has 0 bridgehead atoms. The zero-order valence-electron chi connectivity index (χ0n) is 16.2. The van der Waals surface area contributed by atoms with Gasteiger partial charge in [0.25, 0.3) is 0 Å². The van der Waals surface area contributed by atoms with E-state index in [1.807, 2.05) is 6.92 Å². The van der Waals surface area contributed by atoms with Gasteiger partial charge in [-0.05, 0) is 68.6 Å². The summed E-state index contributed by atoms with van der Waals surface area (Å²) in [7, 11) is 1.42. The van der Waals surface area contributed by atoms with Crippen molar-refractivity contribution >= 4 is 5.97 Å². The lowest BCUT2D eigenvalue weighted by molar-refractivity contribution is -0.134. The van der Waals surface area contributed by atoms with Crippen LogP contribution < -0.4 is 0 Å². The van der Waals surface area contributed by atoms with Gasteiger partial charge < -0.3 is 9.84 Å². The Morgan fingerprint density at radius 3 is 2.71 bits per heavy atom. The number of carbonyl (C=O) groups excluding carboxylic acids is 1. The monoisotopic (exact) mass is 334 g/mol. The molecule has 0 aromatic rings. The molecule has 3 nitrogen and oxygen atoms in total. The van der Waals surface area contributed by atoms with Crippen molar-refractivity contribution in [2.45, 2.75) is 72.8 Å². The molecule has 2 aliphatic rings. The zero-order chi connectivity index (χ0) is 18.1. The van der Waals surface area contributed by atoms with E-state index in [-0.39, 0.29) is 22.9 Å². The van der Waals surface area contributed by atoms with Gasteiger partial charge in [-0.3, -0.25) is 0 Å². The molecule has 0 aromatic carbocycles. The summed E-state index contributed by atoms with van der Waals surface area (Å²) >= 11 is 0. The van der Waals surface area contributed by atoms with Gasteiger partial charge in [0.2, 0.25) is 0 Å². The molecule has 4 unspecified atom stereocenters. The summed E-state index contributed by atoms with van der Waals surface area (Å²) in [4.78, 5) is 11.4. The third-order valence-corrected chi connectivity index (χ3v) is 6.92. The number of carbonyl (C=O) groups is 1. The molecule has 136 valence electrons. The lowest BCUT2D eigenvalue weighted by Gasteiger charge is -2.58. The standard InChI is InChI=1S/C21H34O3/c1-14(13-19(23)24-6)7-9-16-15(2)8-10-17-20(3,4)18(22)11-12-21(16,17)5/h8,13,16-18,22H,7,9-12H2,1-6H3. The fraction of sp³-hybridized carbons (Fsp3) is 0.762. The molecule has 0 aromatic heterocycles. The minimum atomic E-state index is -0.269. The smallest absolute Gasteiger partial charge is 0.330 e. The third kappa shape index (κ3) is 3.46. The molecule has 1 saturated carbocycles. The Labute approximate surface area is 147 Å².